The summed E-state index contributed by atoms with van der Waals surface area (Å²) in [5, 5.41) is 0. The molecule has 20 heavy (non-hydrogen) atoms. The van der Waals surface area contributed by atoms with Crippen molar-refractivity contribution >= 4 is 0 Å². The van der Waals surface area contributed by atoms with Crippen LogP contribution in [0.2, 0.25) is 0 Å². The fourth-order valence-corrected chi connectivity index (χ4v) is 2.98. The molecule has 1 aliphatic heterocycles. The highest BCUT2D eigenvalue weighted by Gasteiger charge is 2.16. The lowest BCUT2D eigenvalue weighted by atomic mass is 9.92. The topological polar surface area (TPSA) is 12.5 Å². The zero-order valence-electron chi connectivity index (χ0n) is 12.2. The summed E-state index contributed by atoms with van der Waals surface area (Å²) in [4.78, 5) is 2.44. The molecule has 0 aromatic heterocycles. The van der Waals surface area contributed by atoms with E-state index in [0.717, 1.165) is 44.5 Å². The number of nitrogens with zero attached hydrogens (tertiary/aromatic N) is 1. The highest BCUT2D eigenvalue weighted by molar-refractivity contribution is 5.33. The van der Waals surface area contributed by atoms with Gasteiger partial charge in [-0.1, -0.05) is 30.4 Å². The van der Waals surface area contributed by atoms with Gasteiger partial charge in [0, 0.05) is 12.5 Å². The van der Waals surface area contributed by atoms with Gasteiger partial charge in [-0.2, -0.15) is 0 Å². The maximum Gasteiger partial charge on any atom is 0.125 e. The maximum atomic E-state index is 6.01. The van der Waals surface area contributed by atoms with E-state index in [-0.39, 0.29) is 0 Å². The van der Waals surface area contributed by atoms with Gasteiger partial charge >= 0.3 is 0 Å². The molecule has 2 aliphatic carbocycles. The molecule has 0 N–H and O–H groups in total. The molecule has 3 aliphatic rings. The van der Waals surface area contributed by atoms with Gasteiger partial charge in [0.25, 0.3) is 0 Å². The van der Waals surface area contributed by atoms with Crippen molar-refractivity contribution in [2.24, 2.45) is 5.92 Å². The first-order valence-electron chi connectivity index (χ1n) is 7.61. The fraction of sp³-hybridized carbons (Fsp3) is 0.444. The lowest BCUT2D eigenvalue weighted by Gasteiger charge is -2.21. The molecule has 0 aromatic rings. The Balaban J connectivity index is 1.87. The van der Waals surface area contributed by atoms with E-state index in [1.165, 1.54) is 11.1 Å². The predicted molar refractivity (Wildman–Crippen MR) is 83.1 cm³/mol. The van der Waals surface area contributed by atoms with Crippen molar-refractivity contribution in [1.82, 2.24) is 4.90 Å². The zero-order valence-corrected chi connectivity index (χ0v) is 12.2. The van der Waals surface area contributed by atoms with E-state index in [4.69, 9.17) is 4.74 Å². The fourth-order valence-electron chi connectivity index (χ4n) is 2.98. The van der Waals surface area contributed by atoms with Crippen LogP contribution in [0.15, 0.2) is 59.6 Å². The van der Waals surface area contributed by atoms with Gasteiger partial charge in [-0.3, -0.25) is 0 Å². The number of allylic oxidation sites excluding steroid dienone is 7. The third-order valence-electron chi connectivity index (χ3n) is 4.34. The lowest BCUT2D eigenvalue weighted by molar-refractivity contribution is 0.321. The van der Waals surface area contributed by atoms with Crippen LogP contribution >= 0.6 is 0 Å². The third kappa shape index (κ3) is 3.13. The molecular weight excluding hydrogens is 246 g/mol. The zero-order chi connectivity index (χ0) is 13.8. The minimum absolute atomic E-state index is 0.483. The molecule has 1 heterocycles. The average Bonchev–Trinajstić information content (AvgIpc) is 2.52. The molecule has 0 radical (unpaired) electrons. The van der Waals surface area contributed by atoms with E-state index in [1.807, 2.05) is 6.26 Å². The Labute approximate surface area is 121 Å². The van der Waals surface area contributed by atoms with Crippen molar-refractivity contribution in [2.75, 3.05) is 20.1 Å². The van der Waals surface area contributed by atoms with Crippen molar-refractivity contribution in [3.05, 3.63) is 59.6 Å². The highest BCUT2D eigenvalue weighted by Crippen LogP contribution is 2.28. The van der Waals surface area contributed by atoms with Gasteiger partial charge in [0.1, 0.15) is 5.76 Å². The first kappa shape index (κ1) is 13.4. The van der Waals surface area contributed by atoms with Crippen LogP contribution in [0, 0.1) is 5.92 Å². The first-order chi connectivity index (χ1) is 9.83. The number of rotatable bonds is 0. The first-order valence-corrected chi connectivity index (χ1v) is 7.61. The lowest BCUT2D eigenvalue weighted by Crippen LogP contribution is -2.23. The van der Waals surface area contributed by atoms with Crippen LogP contribution in [-0.4, -0.2) is 25.0 Å². The Morgan fingerprint density at radius 3 is 3.05 bits per heavy atom. The summed E-state index contributed by atoms with van der Waals surface area (Å²) >= 11 is 0. The van der Waals surface area contributed by atoms with Crippen molar-refractivity contribution in [1.29, 1.82) is 0 Å². The Bertz CT molecular complexity index is 508. The van der Waals surface area contributed by atoms with Gasteiger partial charge in [0.15, 0.2) is 0 Å². The van der Waals surface area contributed by atoms with Crippen molar-refractivity contribution in [3.8, 4) is 0 Å². The molecule has 2 nitrogen and oxygen atoms in total. The second-order valence-electron chi connectivity index (χ2n) is 5.84. The Kier molecular flexibility index (Phi) is 4.22. The van der Waals surface area contributed by atoms with Crippen LogP contribution in [0.25, 0.3) is 0 Å². The van der Waals surface area contributed by atoms with Crippen LogP contribution in [0.3, 0.4) is 0 Å². The normalized spacial score (nSPS) is 29.9. The standard InChI is InChI=1S/C18H23NO/c1-19-12-10-15-6-2-3-8-17(15)14-20-18-9-5-4-7-16(18)11-13-19/h2-3,5-6,8-9,14-15H,4,7,10-13H2,1H3/b17-14-. The van der Waals surface area contributed by atoms with Crippen LogP contribution in [-0.2, 0) is 4.74 Å². The van der Waals surface area contributed by atoms with E-state index < -0.39 is 0 Å². The molecule has 0 bridgehead atoms. The molecular formula is C18H23NO. The summed E-state index contributed by atoms with van der Waals surface area (Å²) in [6, 6.07) is 0. The van der Waals surface area contributed by atoms with Crippen molar-refractivity contribution < 1.29 is 4.74 Å². The number of ether oxygens (including phenoxy) is 1. The molecule has 0 spiro atoms. The SMILES string of the molecule is CN1CCC2=C(C=CCC2)O/C=C2/C=CC=CC2CC1. The van der Waals surface area contributed by atoms with E-state index >= 15 is 0 Å². The quantitative estimate of drug-likeness (QED) is 0.660. The molecule has 0 amide bonds. The summed E-state index contributed by atoms with van der Waals surface area (Å²) in [6.45, 7) is 2.26. The minimum atomic E-state index is 0.483. The molecule has 3 rings (SSSR count). The summed E-state index contributed by atoms with van der Waals surface area (Å²) in [6.07, 6.45) is 19.6. The van der Waals surface area contributed by atoms with Gasteiger partial charge < -0.3 is 9.64 Å². The molecule has 2 heteroatoms. The molecule has 106 valence electrons. The summed E-state index contributed by atoms with van der Waals surface area (Å²) in [5.74, 6) is 1.55. The van der Waals surface area contributed by atoms with E-state index in [1.54, 1.807) is 0 Å². The van der Waals surface area contributed by atoms with Crippen LogP contribution in [0.5, 0.6) is 0 Å². The van der Waals surface area contributed by atoms with Gasteiger partial charge in [-0.25, -0.2) is 0 Å². The van der Waals surface area contributed by atoms with Gasteiger partial charge in [-0.05, 0) is 56.5 Å². The molecule has 0 saturated heterocycles. The second kappa shape index (κ2) is 6.27. The monoisotopic (exact) mass is 269 g/mol. The smallest absolute Gasteiger partial charge is 0.125 e. The van der Waals surface area contributed by atoms with E-state index in [2.05, 4.69) is 48.4 Å². The van der Waals surface area contributed by atoms with Gasteiger partial charge in [-0.15, -0.1) is 0 Å². The number of hydrogen-bond donors (Lipinski definition) is 0. The van der Waals surface area contributed by atoms with Crippen LogP contribution in [0.1, 0.15) is 25.7 Å². The van der Waals surface area contributed by atoms with Crippen molar-refractivity contribution in [2.45, 2.75) is 25.7 Å². The third-order valence-corrected chi connectivity index (χ3v) is 4.34. The summed E-state index contributed by atoms with van der Waals surface area (Å²) < 4.78 is 6.01. The number of fused-ring (bicyclic) bond motifs is 1. The average molecular weight is 269 g/mol. The molecule has 0 fully saturated rings. The summed E-state index contributed by atoms with van der Waals surface area (Å²) in [7, 11) is 2.23. The van der Waals surface area contributed by atoms with E-state index in [9.17, 15) is 0 Å². The Hall–Kier alpha value is -1.54. The second-order valence-corrected chi connectivity index (χ2v) is 5.84. The molecule has 1 atom stereocenters. The Morgan fingerprint density at radius 1 is 1.15 bits per heavy atom. The van der Waals surface area contributed by atoms with E-state index in [0.29, 0.717) is 5.92 Å². The highest BCUT2D eigenvalue weighted by atomic mass is 16.5. The van der Waals surface area contributed by atoms with Crippen molar-refractivity contribution in [3.63, 3.8) is 0 Å². The Morgan fingerprint density at radius 2 is 2.10 bits per heavy atom. The minimum Gasteiger partial charge on any atom is -0.465 e. The van der Waals surface area contributed by atoms with Gasteiger partial charge in [0.05, 0.1) is 6.26 Å². The predicted octanol–water partition coefficient (Wildman–Crippen LogP) is 3.96. The molecule has 1 unspecified atom stereocenters. The largest absolute Gasteiger partial charge is 0.465 e. The molecule has 0 aromatic carbocycles. The van der Waals surface area contributed by atoms with Gasteiger partial charge in [0.2, 0.25) is 0 Å². The molecule has 0 saturated carbocycles. The number of hydrogen-bond acceptors (Lipinski definition) is 2. The summed E-state index contributed by atoms with van der Waals surface area (Å²) in [5.41, 5.74) is 2.75. The van der Waals surface area contributed by atoms with Crippen LogP contribution in [0.4, 0.5) is 0 Å². The maximum absolute atomic E-state index is 6.01. The van der Waals surface area contributed by atoms with Crippen LogP contribution < -0.4 is 0 Å².